The van der Waals surface area contributed by atoms with Crippen LogP contribution in [0.4, 0.5) is 30.2 Å². The van der Waals surface area contributed by atoms with E-state index in [1.54, 1.807) is 12.1 Å². The standard InChI is InChI=1S/C21H21ClN4O3.C2HF3O2/c22-21-14-20(23-8-7-15-1-3-16(4-2-15)26(27)28)18-13-17(5-6-19(18)24-21)25-9-11-29-12-10-25;3-2(4,5)1(6)7/h1-6,13-14H,7-12H2,(H,23,24);(H,6,7). The van der Waals surface area contributed by atoms with E-state index >= 15 is 0 Å². The molecule has 1 aliphatic rings. The first-order chi connectivity index (χ1) is 17.0. The molecule has 192 valence electrons. The van der Waals surface area contributed by atoms with Crippen LogP contribution in [0.3, 0.4) is 0 Å². The van der Waals surface area contributed by atoms with Crippen LogP contribution in [0.1, 0.15) is 5.56 Å². The SMILES string of the molecule is O=C(O)C(F)(F)F.O=[N+]([O-])c1ccc(CCNc2cc(Cl)nc3ccc(N4CCOCC4)cc23)cc1. The van der Waals surface area contributed by atoms with Crippen LogP contribution in [-0.2, 0) is 16.0 Å². The predicted molar refractivity (Wildman–Crippen MR) is 129 cm³/mol. The Morgan fingerprint density at radius 1 is 1.17 bits per heavy atom. The van der Waals surface area contributed by atoms with E-state index in [9.17, 15) is 23.3 Å². The summed E-state index contributed by atoms with van der Waals surface area (Å²) in [7, 11) is 0. The van der Waals surface area contributed by atoms with Crippen molar-refractivity contribution in [2.24, 2.45) is 0 Å². The maximum Gasteiger partial charge on any atom is 0.490 e. The van der Waals surface area contributed by atoms with Gasteiger partial charge < -0.3 is 20.1 Å². The third-order valence-corrected chi connectivity index (χ3v) is 5.45. The Hall–Kier alpha value is -3.64. The first-order valence-electron chi connectivity index (χ1n) is 10.7. The summed E-state index contributed by atoms with van der Waals surface area (Å²) >= 11 is 6.21. The summed E-state index contributed by atoms with van der Waals surface area (Å²) in [5, 5.41) is 22.8. The maximum absolute atomic E-state index is 10.8. The largest absolute Gasteiger partial charge is 0.490 e. The van der Waals surface area contributed by atoms with Gasteiger partial charge in [-0.2, -0.15) is 13.2 Å². The van der Waals surface area contributed by atoms with Crippen LogP contribution in [0.15, 0.2) is 48.5 Å². The molecule has 2 aromatic carbocycles. The summed E-state index contributed by atoms with van der Waals surface area (Å²) < 4.78 is 37.2. The molecule has 4 rings (SSSR count). The molecule has 1 saturated heterocycles. The number of non-ortho nitro benzene ring substituents is 1. The minimum absolute atomic E-state index is 0.101. The summed E-state index contributed by atoms with van der Waals surface area (Å²) in [5.74, 6) is -2.76. The molecule has 0 bridgehead atoms. The van der Waals surface area contributed by atoms with Gasteiger partial charge in [-0.25, -0.2) is 9.78 Å². The second kappa shape index (κ2) is 11.9. The number of carboxylic acid groups (broad SMARTS) is 1. The average Bonchev–Trinajstić information content (AvgIpc) is 2.84. The van der Waals surface area contributed by atoms with Gasteiger partial charge in [0.1, 0.15) is 5.15 Å². The number of rotatable bonds is 6. The lowest BCUT2D eigenvalue weighted by Gasteiger charge is -2.29. The number of hydrogen-bond acceptors (Lipinski definition) is 7. The van der Waals surface area contributed by atoms with Gasteiger partial charge in [0.25, 0.3) is 5.69 Å². The van der Waals surface area contributed by atoms with Crippen molar-refractivity contribution in [2.75, 3.05) is 43.1 Å². The number of aliphatic carboxylic acids is 1. The highest BCUT2D eigenvalue weighted by molar-refractivity contribution is 6.30. The van der Waals surface area contributed by atoms with Gasteiger partial charge in [0, 0.05) is 48.5 Å². The number of ether oxygens (including phenoxy) is 1. The van der Waals surface area contributed by atoms with Crippen LogP contribution in [0.25, 0.3) is 10.9 Å². The molecular weight excluding hydrogens is 505 g/mol. The zero-order valence-electron chi connectivity index (χ0n) is 18.8. The Kier molecular flexibility index (Phi) is 8.88. The van der Waals surface area contributed by atoms with Crippen molar-refractivity contribution < 1.29 is 32.7 Å². The topological polar surface area (TPSA) is 118 Å². The van der Waals surface area contributed by atoms with Crippen LogP contribution in [-0.4, -0.2) is 60.0 Å². The number of benzene rings is 2. The van der Waals surface area contributed by atoms with Crippen molar-refractivity contribution in [2.45, 2.75) is 12.6 Å². The van der Waals surface area contributed by atoms with Crippen LogP contribution in [0, 0.1) is 10.1 Å². The van der Waals surface area contributed by atoms with E-state index in [1.165, 1.54) is 12.1 Å². The maximum atomic E-state index is 10.8. The van der Waals surface area contributed by atoms with Gasteiger partial charge in [0.15, 0.2) is 0 Å². The van der Waals surface area contributed by atoms with E-state index in [0.29, 0.717) is 11.7 Å². The Bertz CT molecular complexity index is 1220. The van der Waals surface area contributed by atoms with E-state index in [1.807, 2.05) is 12.1 Å². The lowest BCUT2D eigenvalue weighted by molar-refractivity contribution is -0.384. The third kappa shape index (κ3) is 7.43. The van der Waals surface area contributed by atoms with Gasteiger partial charge in [-0.3, -0.25) is 10.1 Å². The average molecular weight is 527 g/mol. The minimum Gasteiger partial charge on any atom is -0.475 e. The molecule has 13 heteroatoms. The van der Waals surface area contributed by atoms with Crippen molar-refractivity contribution in [1.29, 1.82) is 0 Å². The number of anilines is 2. The quantitative estimate of drug-likeness (QED) is 0.264. The van der Waals surface area contributed by atoms with E-state index in [-0.39, 0.29) is 10.6 Å². The lowest BCUT2D eigenvalue weighted by atomic mass is 10.1. The molecule has 2 N–H and O–H groups in total. The number of morpholine rings is 1. The molecule has 3 aromatic rings. The second-order valence-electron chi connectivity index (χ2n) is 7.70. The molecule has 0 aliphatic carbocycles. The monoisotopic (exact) mass is 526 g/mol. The van der Waals surface area contributed by atoms with Gasteiger partial charge in [-0.1, -0.05) is 23.7 Å². The molecule has 0 spiro atoms. The zero-order valence-corrected chi connectivity index (χ0v) is 19.6. The number of nitrogens with one attached hydrogen (secondary N) is 1. The first-order valence-corrected chi connectivity index (χ1v) is 11.1. The normalized spacial score (nSPS) is 13.6. The van der Waals surface area contributed by atoms with Crippen molar-refractivity contribution >= 4 is 45.5 Å². The van der Waals surface area contributed by atoms with Crippen LogP contribution >= 0.6 is 11.6 Å². The highest BCUT2D eigenvalue weighted by Gasteiger charge is 2.38. The highest BCUT2D eigenvalue weighted by atomic mass is 35.5. The Balaban J connectivity index is 0.000000454. The summed E-state index contributed by atoms with van der Waals surface area (Å²) in [6, 6.07) is 14.7. The number of nitrogens with zero attached hydrogens (tertiary/aromatic N) is 3. The van der Waals surface area contributed by atoms with E-state index < -0.39 is 12.1 Å². The molecule has 2 heterocycles. The molecule has 0 unspecified atom stereocenters. The molecule has 0 atom stereocenters. The molecule has 9 nitrogen and oxygen atoms in total. The number of nitro benzene ring substituents is 1. The molecule has 0 amide bonds. The number of fused-ring (bicyclic) bond motifs is 1. The zero-order chi connectivity index (χ0) is 26.3. The number of carbonyl (C=O) groups is 1. The van der Waals surface area contributed by atoms with Gasteiger partial charge in [0.2, 0.25) is 0 Å². The summed E-state index contributed by atoms with van der Waals surface area (Å²) in [4.78, 5) is 26.0. The highest BCUT2D eigenvalue weighted by Crippen LogP contribution is 2.30. The third-order valence-electron chi connectivity index (χ3n) is 5.26. The fourth-order valence-electron chi connectivity index (χ4n) is 3.47. The summed E-state index contributed by atoms with van der Waals surface area (Å²) in [6.07, 6.45) is -4.34. The molecular formula is C23H22ClF3N4O5. The van der Waals surface area contributed by atoms with Crippen molar-refractivity contribution in [3.63, 3.8) is 0 Å². The van der Waals surface area contributed by atoms with Crippen molar-refractivity contribution in [3.05, 3.63) is 69.4 Å². The van der Waals surface area contributed by atoms with Gasteiger partial charge >= 0.3 is 12.1 Å². The molecule has 1 fully saturated rings. The molecule has 36 heavy (non-hydrogen) atoms. The molecule has 1 aliphatic heterocycles. The number of halogens is 4. The van der Waals surface area contributed by atoms with Crippen LogP contribution in [0.5, 0.6) is 0 Å². The Morgan fingerprint density at radius 2 is 1.81 bits per heavy atom. The molecule has 1 aromatic heterocycles. The van der Waals surface area contributed by atoms with Gasteiger partial charge in [-0.15, -0.1) is 0 Å². The number of nitro groups is 1. The minimum atomic E-state index is -5.08. The number of pyridine rings is 1. The number of alkyl halides is 3. The summed E-state index contributed by atoms with van der Waals surface area (Å²) in [6.45, 7) is 3.88. The van der Waals surface area contributed by atoms with E-state index in [2.05, 4.69) is 27.3 Å². The van der Waals surface area contributed by atoms with Crippen LogP contribution in [0.2, 0.25) is 5.15 Å². The fourth-order valence-corrected chi connectivity index (χ4v) is 3.67. The molecule has 0 saturated carbocycles. The van der Waals surface area contributed by atoms with Crippen molar-refractivity contribution in [3.8, 4) is 0 Å². The number of hydrogen-bond donors (Lipinski definition) is 2. The van der Waals surface area contributed by atoms with Gasteiger partial charge in [0.05, 0.1) is 23.7 Å². The first kappa shape index (κ1) is 27.0. The predicted octanol–water partition coefficient (Wildman–Crippen LogP) is 4.92. The number of aromatic nitrogens is 1. The Morgan fingerprint density at radius 3 is 2.39 bits per heavy atom. The van der Waals surface area contributed by atoms with Crippen molar-refractivity contribution in [1.82, 2.24) is 4.98 Å². The van der Waals surface area contributed by atoms with Gasteiger partial charge in [-0.05, 0) is 36.2 Å². The second-order valence-corrected chi connectivity index (χ2v) is 8.08. The van der Waals surface area contributed by atoms with E-state index in [0.717, 1.165) is 60.6 Å². The summed E-state index contributed by atoms with van der Waals surface area (Å²) in [5.41, 5.74) is 4.04. The smallest absolute Gasteiger partial charge is 0.475 e. The fraction of sp³-hybridized carbons (Fsp3) is 0.304. The number of carboxylic acids is 1. The van der Waals surface area contributed by atoms with E-state index in [4.69, 9.17) is 26.2 Å². The lowest BCUT2D eigenvalue weighted by Crippen LogP contribution is -2.36. The Labute approximate surface area is 208 Å². The molecule has 0 radical (unpaired) electrons. The van der Waals surface area contributed by atoms with Crippen LogP contribution < -0.4 is 10.2 Å².